The lowest BCUT2D eigenvalue weighted by molar-refractivity contribution is 0.209. The summed E-state index contributed by atoms with van der Waals surface area (Å²) in [6.45, 7) is 9.25. The van der Waals surface area contributed by atoms with E-state index < -0.39 is 0 Å². The molecule has 0 heterocycles. The van der Waals surface area contributed by atoms with E-state index in [0.29, 0.717) is 6.61 Å². The van der Waals surface area contributed by atoms with Crippen molar-refractivity contribution in [1.29, 1.82) is 0 Å². The third kappa shape index (κ3) is 4.75. The Labute approximate surface area is 104 Å². The van der Waals surface area contributed by atoms with Crippen LogP contribution in [0.25, 0.3) is 0 Å². The number of nitrogens with one attached hydrogen (secondary N) is 1. The number of ether oxygens (including phenoxy) is 1. The Bertz CT molecular complexity index is 344. The van der Waals surface area contributed by atoms with Crippen molar-refractivity contribution in [3.8, 4) is 5.75 Å². The first kappa shape index (κ1) is 14.0. The maximum Gasteiger partial charge on any atom is 0.119 e. The summed E-state index contributed by atoms with van der Waals surface area (Å²) in [4.78, 5) is 0. The zero-order valence-electron chi connectivity index (χ0n) is 11.3. The van der Waals surface area contributed by atoms with Gasteiger partial charge in [-0.15, -0.1) is 0 Å². The van der Waals surface area contributed by atoms with Gasteiger partial charge in [-0.1, -0.05) is 32.9 Å². The minimum atomic E-state index is 0.144. The van der Waals surface area contributed by atoms with E-state index >= 15 is 0 Å². The molecule has 1 atom stereocenters. The molecular weight excluding hydrogens is 212 g/mol. The van der Waals surface area contributed by atoms with Crippen LogP contribution in [0.4, 0.5) is 0 Å². The second-order valence-corrected chi connectivity index (χ2v) is 5.54. The largest absolute Gasteiger partial charge is 0.494 e. The van der Waals surface area contributed by atoms with Crippen molar-refractivity contribution in [2.45, 2.75) is 40.2 Å². The summed E-state index contributed by atoms with van der Waals surface area (Å²) in [7, 11) is 0. The lowest BCUT2D eigenvalue weighted by atomic mass is 9.85. The van der Waals surface area contributed by atoms with Crippen LogP contribution in [0.3, 0.4) is 0 Å². The highest BCUT2D eigenvalue weighted by molar-refractivity contribution is 5.27. The van der Waals surface area contributed by atoms with Crippen LogP contribution in [-0.4, -0.2) is 12.6 Å². The fraction of sp³-hybridized carbons (Fsp3) is 0.571. The molecule has 0 bridgehead atoms. The molecule has 3 nitrogen and oxygen atoms in total. The normalized spacial score (nSPS) is 13.5. The first-order valence-corrected chi connectivity index (χ1v) is 6.09. The molecule has 0 amide bonds. The smallest absolute Gasteiger partial charge is 0.119 e. The molecule has 3 N–H and O–H groups in total. The summed E-state index contributed by atoms with van der Waals surface area (Å²) in [5, 5.41) is 0. The minimum Gasteiger partial charge on any atom is -0.494 e. The maximum atomic E-state index is 5.72. The van der Waals surface area contributed by atoms with Crippen molar-refractivity contribution in [2.75, 3.05) is 6.61 Å². The SMILES string of the molecule is Cc1cccc(OCCC(NN)C(C)(C)C)c1. The van der Waals surface area contributed by atoms with E-state index in [9.17, 15) is 0 Å². The number of hydrazine groups is 1. The average Bonchev–Trinajstić information content (AvgIpc) is 2.22. The second kappa shape index (κ2) is 6.03. The first-order valence-electron chi connectivity index (χ1n) is 6.09. The molecule has 3 heteroatoms. The Morgan fingerprint density at radius 3 is 2.59 bits per heavy atom. The van der Waals surface area contributed by atoms with Crippen LogP contribution < -0.4 is 16.0 Å². The third-order valence-corrected chi connectivity index (χ3v) is 2.91. The fourth-order valence-electron chi connectivity index (χ4n) is 1.77. The van der Waals surface area contributed by atoms with Crippen LogP contribution >= 0.6 is 0 Å². The first-order chi connectivity index (χ1) is 7.93. The van der Waals surface area contributed by atoms with Gasteiger partial charge in [-0.3, -0.25) is 11.3 Å². The number of hydrogen-bond donors (Lipinski definition) is 2. The van der Waals surface area contributed by atoms with E-state index in [1.807, 2.05) is 18.2 Å². The van der Waals surface area contributed by atoms with Gasteiger partial charge in [-0.2, -0.15) is 0 Å². The summed E-state index contributed by atoms with van der Waals surface area (Å²) in [5.74, 6) is 6.48. The Morgan fingerprint density at radius 1 is 1.35 bits per heavy atom. The van der Waals surface area contributed by atoms with E-state index in [1.165, 1.54) is 5.56 Å². The topological polar surface area (TPSA) is 47.3 Å². The van der Waals surface area contributed by atoms with Gasteiger partial charge < -0.3 is 4.74 Å². The van der Waals surface area contributed by atoms with Gasteiger partial charge in [0.15, 0.2) is 0 Å². The van der Waals surface area contributed by atoms with Gasteiger partial charge in [0, 0.05) is 6.04 Å². The van der Waals surface area contributed by atoms with Crippen LogP contribution in [0.2, 0.25) is 0 Å². The van der Waals surface area contributed by atoms with Crippen molar-refractivity contribution in [3.05, 3.63) is 29.8 Å². The van der Waals surface area contributed by atoms with Gasteiger partial charge in [0.2, 0.25) is 0 Å². The third-order valence-electron chi connectivity index (χ3n) is 2.91. The average molecular weight is 236 g/mol. The molecule has 0 fully saturated rings. The summed E-state index contributed by atoms with van der Waals surface area (Å²) < 4.78 is 5.72. The van der Waals surface area contributed by atoms with Gasteiger partial charge in [-0.05, 0) is 36.5 Å². The van der Waals surface area contributed by atoms with Gasteiger partial charge >= 0.3 is 0 Å². The Hall–Kier alpha value is -1.06. The van der Waals surface area contributed by atoms with Crippen LogP contribution in [-0.2, 0) is 0 Å². The predicted molar refractivity (Wildman–Crippen MR) is 71.9 cm³/mol. The molecule has 1 unspecified atom stereocenters. The predicted octanol–water partition coefficient (Wildman–Crippen LogP) is 2.64. The quantitative estimate of drug-likeness (QED) is 0.610. The van der Waals surface area contributed by atoms with Gasteiger partial charge in [0.25, 0.3) is 0 Å². The summed E-state index contributed by atoms with van der Waals surface area (Å²) in [6.07, 6.45) is 0.897. The fourth-order valence-corrected chi connectivity index (χ4v) is 1.77. The molecular formula is C14H24N2O. The monoisotopic (exact) mass is 236 g/mol. The Kier molecular flexibility index (Phi) is 4.97. The van der Waals surface area contributed by atoms with Crippen LogP contribution in [0.1, 0.15) is 32.8 Å². The van der Waals surface area contributed by atoms with Crippen LogP contribution in [0, 0.1) is 12.3 Å². The van der Waals surface area contributed by atoms with E-state index in [4.69, 9.17) is 10.6 Å². The highest BCUT2D eigenvalue weighted by Gasteiger charge is 2.22. The molecule has 17 heavy (non-hydrogen) atoms. The minimum absolute atomic E-state index is 0.144. The molecule has 0 radical (unpaired) electrons. The van der Waals surface area contributed by atoms with Crippen LogP contribution in [0.5, 0.6) is 5.75 Å². The standard InChI is InChI=1S/C14H24N2O/c1-11-6-5-7-12(10-11)17-9-8-13(16-15)14(2,3)4/h5-7,10,13,16H,8-9,15H2,1-4H3. The van der Waals surface area contributed by atoms with E-state index in [2.05, 4.69) is 39.2 Å². The molecule has 1 aromatic rings. The molecule has 0 spiro atoms. The molecule has 1 aromatic carbocycles. The lowest BCUT2D eigenvalue weighted by Gasteiger charge is -2.29. The zero-order valence-corrected chi connectivity index (χ0v) is 11.3. The van der Waals surface area contributed by atoms with Gasteiger partial charge in [-0.25, -0.2) is 0 Å². The summed E-state index contributed by atoms with van der Waals surface area (Å²) >= 11 is 0. The van der Waals surface area contributed by atoms with Gasteiger partial charge in [0.1, 0.15) is 5.75 Å². The van der Waals surface area contributed by atoms with Crippen molar-refractivity contribution >= 4 is 0 Å². The van der Waals surface area contributed by atoms with E-state index in [-0.39, 0.29) is 11.5 Å². The van der Waals surface area contributed by atoms with Crippen LogP contribution in [0.15, 0.2) is 24.3 Å². The highest BCUT2D eigenvalue weighted by atomic mass is 16.5. The van der Waals surface area contributed by atoms with Crippen molar-refractivity contribution in [3.63, 3.8) is 0 Å². The Morgan fingerprint density at radius 2 is 2.06 bits per heavy atom. The molecule has 0 aliphatic carbocycles. The highest BCUT2D eigenvalue weighted by Crippen LogP contribution is 2.21. The Balaban J connectivity index is 2.42. The number of benzene rings is 1. The number of aryl methyl sites for hydroxylation is 1. The van der Waals surface area contributed by atoms with Gasteiger partial charge in [0.05, 0.1) is 6.61 Å². The molecule has 0 saturated carbocycles. The van der Waals surface area contributed by atoms with E-state index in [1.54, 1.807) is 0 Å². The molecule has 96 valence electrons. The van der Waals surface area contributed by atoms with Crippen molar-refractivity contribution in [2.24, 2.45) is 11.3 Å². The number of rotatable bonds is 5. The second-order valence-electron chi connectivity index (χ2n) is 5.54. The molecule has 0 saturated heterocycles. The van der Waals surface area contributed by atoms with Crippen molar-refractivity contribution < 1.29 is 4.74 Å². The number of hydrogen-bond acceptors (Lipinski definition) is 3. The number of nitrogens with two attached hydrogens (primary N) is 1. The summed E-state index contributed by atoms with van der Waals surface area (Å²) in [6, 6.07) is 8.35. The van der Waals surface area contributed by atoms with Crippen molar-refractivity contribution in [1.82, 2.24) is 5.43 Å². The van der Waals surface area contributed by atoms with E-state index in [0.717, 1.165) is 12.2 Å². The molecule has 0 aliphatic rings. The zero-order chi connectivity index (χ0) is 12.9. The molecule has 0 aromatic heterocycles. The maximum absolute atomic E-state index is 5.72. The molecule has 0 aliphatic heterocycles. The summed E-state index contributed by atoms with van der Waals surface area (Å²) in [5.41, 5.74) is 4.22. The lowest BCUT2D eigenvalue weighted by Crippen LogP contribution is -2.45. The molecule has 1 rings (SSSR count).